The fourth-order valence-corrected chi connectivity index (χ4v) is 1.99. The molecule has 0 aliphatic heterocycles. The second kappa shape index (κ2) is 5.93. The fourth-order valence-electron chi connectivity index (χ4n) is 1.73. The standard InChI is InChI=1S/C14H6BrF5O/c15-7-3-1-6(2-4-7)5-8(21)9-10(16)12(18)14(20)13(19)11(9)17/h1-4H,5H2. The van der Waals surface area contributed by atoms with E-state index in [-0.39, 0.29) is 0 Å². The van der Waals surface area contributed by atoms with E-state index in [1.807, 2.05) is 0 Å². The first kappa shape index (κ1) is 15.6. The summed E-state index contributed by atoms with van der Waals surface area (Å²) in [6, 6.07) is 6.16. The first-order chi connectivity index (χ1) is 9.82. The Labute approximate surface area is 124 Å². The quantitative estimate of drug-likeness (QED) is 0.337. The van der Waals surface area contributed by atoms with Gasteiger partial charge in [0.2, 0.25) is 5.82 Å². The summed E-state index contributed by atoms with van der Waals surface area (Å²) in [6.07, 6.45) is -0.481. The van der Waals surface area contributed by atoms with E-state index in [2.05, 4.69) is 15.9 Å². The van der Waals surface area contributed by atoms with E-state index in [0.29, 0.717) is 5.56 Å². The van der Waals surface area contributed by atoms with Gasteiger partial charge >= 0.3 is 0 Å². The maximum absolute atomic E-state index is 13.5. The van der Waals surface area contributed by atoms with Crippen molar-refractivity contribution in [3.63, 3.8) is 0 Å². The van der Waals surface area contributed by atoms with Gasteiger partial charge in [-0.05, 0) is 17.7 Å². The van der Waals surface area contributed by atoms with Crippen LogP contribution in [0.25, 0.3) is 0 Å². The molecule has 2 rings (SSSR count). The number of carbonyl (C=O) groups is 1. The second-order valence-electron chi connectivity index (χ2n) is 4.17. The molecule has 0 spiro atoms. The Balaban J connectivity index is 2.42. The molecule has 0 N–H and O–H groups in total. The van der Waals surface area contributed by atoms with Gasteiger partial charge in [-0.25, -0.2) is 22.0 Å². The van der Waals surface area contributed by atoms with Crippen molar-refractivity contribution >= 4 is 21.7 Å². The molecule has 7 heteroatoms. The number of rotatable bonds is 3. The van der Waals surface area contributed by atoms with E-state index < -0.39 is 46.9 Å². The highest BCUT2D eigenvalue weighted by Crippen LogP contribution is 2.24. The molecule has 0 atom stereocenters. The van der Waals surface area contributed by atoms with E-state index in [4.69, 9.17) is 0 Å². The molecule has 0 bridgehead atoms. The first-order valence-corrected chi connectivity index (χ1v) is 6.41. The Morgan fingerprint density at radius 3 is 1.71 bits per heavy atom. The van der Waals surface area contributed by atoms with Crippen molar-refractivity contribution in [1.29, 1.82) is 0 Å². The van der Waals surface area contributed by atoms with Gasteiger partial charge in [-0.2, -0.15) is 0 Å². The molecule has 0 unspecified atom stereocenters. The predicted molar refractivity (Wildman–Crippen MR) is 68.4 cm³/mol. The lowest BCUT2D eigenvalue weighted by molar-refractivity contribution is 0.0981. The molecule has 2 aromatic rings. The lowest BCUT2D eigenvalue weighted by Gasteiger charge is -2.07. The van der Waals surface area contributed by atoms with E-state index >= 15 is 0 Å². The molecular formula is C14H6BrF5O. The molecule has 1 nitrogen and oxygen atoms in total. The van der Waals surface area contributed by atoms with E-state index in [0.717, 1.165) is 4.47 Å². The van der Waals surface area contributed by atoms with Gasteiger partial charge in [0.25, 0.3) is 0 Å². The second-order valence-corrected chi connectivity index (χ2v) is 5.09. The van der Waals surface area contributed by atoms with Gasteiger partial charge in [-0.3, -0.25) is 4.79 Å². The largest absolute Gasteiger partial charge is 0.294 e. The average molecular weight is 365 g/mol. The average Bonchev–Trinajstić information content (AvgIpc) is 2.46. The SMILES string of the molecule is O=C(Cc1ccc(Br)cc1)c1c(F)c(F)c(F)c(F)c1F. The minimum atomic E-state index is -2.29. The van der Waals surface area contributed by atoms with E-state index in [1.54, 1.807) is 12.1 Å². The highest BCUT2D eigenvalue weighted by Gasteiger charge is 2.29. The number of Topliss-reactive ketones (excluding diaryl/α,β-unsaturated/α-hetero) is 1. The number of carbonyl (C=O) groups excluding carboxylic acids is 1. The van der Waals surface area contributed by atoms with Gasteiger partial charge in [-0.1, -0.05) is 28.1 Å². The molecule has 2 aromatic carbocycles. The van der Waals surface area contributed by atoms with Crippen molar-refractivity contribution in [2.75, 3.05) is 0 Å². The van der Waals surface area contributed by atoms with Gasteiger partial charge in [0.05, 0.1) is 5.56 Å². The zero-order valence-corrected chi connectivity index (χ0v) is 11.8. The van der Waals surface area contributed by atoms with Crippen molar-refractivity contribution in [3.8, 4) is 0 Å². The molecule has 0 amide bonds. The lowest BCUT2D eigenvalue weighted by atomic mass is 10.0. The summed E-state index contributed by atoms with van der Waals surface area (Å²) < 4.78 is 66.6. The molecule has 0 radical (unpaired) electrons. The smallest absolute Gasteiger partial charge is 0.200 e. The van der Waals surface area contributed by atoms with Crippen molar-refractivity contribution in [1.82, 2.24) is 0 Å². The van der Waals surface area contributed by atoms with Crippen LogP contribution in [0.15, 0.2) is 28.7 Å². The Hall–Kier alpha value is -1.76. The lowest BCUT2D eigenvalue weighted by Crippen LogP contribution is -2.14. The molecule has 0 heterocycles. The first-order valence-electron chi connectivity index (χ1n) is 5.62. The molecule has 0 aromatic heterocycles. The van der Waals surface area contributed by atoms with Crippen LogP contribution in [-0.4, -0.2) is 5.78 Å². The van der Waals surface area contributed by atoms with Gasteiger partial charge in [0, 0.05) is 10.9 Å². The van der Waals surface area contributed by atoms with Crippen LogP contribution in [0, 0.1) is 29.1 Å². The Kier molecular flexibility index (Phi) is 4.41. The van der Waals surface area contributed by atoms with E-state index in [1.165, 1.54) is 12.1 Å². The van der Waals surface area contributed by atoms with Crippen LogP contribution in [0.3, 0.4) is 0 Å². The minimum Gasteiger partial charge on any atom is -0.294 e. The minimum absolute atomic E-state index is 0.382. The maximum Gasteiger partial charge on any atom is 0.200 e. The fraction of sp³-hybridized carbons (Fsp3) is 0.0714. The van der Waals surface area contributed by atoms with Crippen LogP contribution in [0.5, 0.6) is 0 Å². The van der Waals surface area contributed by atoms with Crippen molar-refractivity contribution in [2.45, 2.75) is 6.42 Å². The maximum atomic E-state index is 13.5. The number of ketones is 1. The summed E-state index contributed by atoms with van der Waals surface area (Å²) >= 11 is 3.16. The van der Waals surface area contributed by atoms with Gasteiger partial charge in [0.15, 0.2) is 29.1 Å². The zero-order valence-electron chi connectivity index (χ0n) is 10.2. The summed E-state index contributed by atoms with van der Waals surface area (Å²) in [4.78, 5) is 11.8. The molecule has 0 saturated heterocycles. The molecular weight excluding hydrogens is 359 g/mol. The topological polar surface area (TPSA) is 17.1 Å². The molecule has 0 fully saturated rings. The number of benzene rings is 2. The molecule has 110 valence electrons. The van der Waals surface area contributed by atoms with Crippen LogP contribution in [0.2, 0.25) is 0 Å². The van der Waals surface area contributed by atoms with Crippen molar-refractivity contribution < 1.29 is 26.7 Å². The third-order valence-corrected chi connectivity index (χ3v) is 3.30. The van der Waals surface area contributed by atoms with Crippen LogP contribution in [-0.2, 0) is 6.42 Å². The van der Waals surface area contributed by atoms with Crippen LogP contribution in [0.1, 0.15) is 15.9 Å². The normalized spacial score (nSPS) is 10.8. The number of halogens is 6. The Bertz CT molecular complexity index is 683. The van der Waals surface area contributed by atoms with Crippen LogP contribution in [0.4, 0.5) is 22.0 Å². The Morgan fingerprint density at radius 2 is 1.24 bits per heavy atom. The van der Waals surface area contributed by atoms with E-state index in [9.17, 15) is 26.7 Å². The van der Waals surface area contributed by atoms with Crippen molar-refractivity contribution in [3.05, 3.63) is 69.0 Å². The van der Waals surface area contributed by atoms with Gasteiger partial charge in [-0.15, -0.1) is 0 Å². The summed E-state index contributed by atoms with van der Waals surface area (Å²) in [6.45, 7) is 0. The Morgan fingerprint density at radius 1 is 0.810 bits per heavy atom. The zero-order chi connectivity index (χ0) is 15.7. The number of hydrogen-bond acceptors (Lipinski definition) is 1. The molecule has 0 aliphatic carbocycles. The number of hydrogen-bond donors (Lipinski definition) is 0. The molecule has 21 heavy (non-hydrogen) atoms. The summed E-state index contributed by atoms with van der Waals surface area (Å²) in [5, 5.41) is 0. The highest BCUT2D eigenvalue weighted by molar-refractivity contribution is 9.10. The summed E-state index contributed by atoms with van der Waals surface area (Å²) in [7, 11) is 0. The monoisotopic (exact) mass is 364 g/mol. The third-order valence-electron chi connectivity index (χ3n) is 2.77. The highest BCUT2D eigenvalue weighted by atomic mass is 79.9. The molecule has 0 saturated carbocycles. The van der Waals surface area contributed by atoms with Crippen molar-refractivity contribution in [2.24, 2.45) is 0 Å². The van der Waals surface area contributed by atoms with Gasteiger partial charge < -0.3 is 0 Å². The van der Waals surface area contributed by atoms with Crippen LogP contribution >= 0.6 is 15.9 Å². The summed E-state index contributed by atoms with van der Waals surface area (Å²) in [5.41, 5.74) is -1.04. The van der Waals surface area contributed by atoms with Crippen LogP contribution < -0.4 is 0 Å². The van der Waals surface area contributed by atoms with Gasteiger partial charge in [0.1, 0.15) is 0 Å². The predicted octanol–water partition coefficient (Wildman–Crippen LogP) is 4.57. The summed E-state index contributed by atoms with van der Waals surface area (Å²) in [5.74, 6) is -12.0. The molecule has 0 aliphatic rings. The third kappa shape index (κ3) is 2.97.